The van der Waals surface area contributed by atoms with Gasteiger partial charge in [-0.3, -0.25) is 9.59 Å². The predicted molar refractivity (Wildman–Crippen MR) is 57.0 cm³/mol. The van der Waals surface area contributed by atoms with Crippen LogP contribution in [0.1, 0.15) is 22.3 Å². The van der Waals surface area contributed by atoms with Crippen molar-refractivity contribution >= 4 is 11.8 Å². The Hall–Kier alpha value is -2.49. The van der Waals surface area contributed by atoms with Crippen LogP contribution in [0, 0.1) is 23.0 Å². The first-order chi connectivity index (χ1) is 8.47. The van der Waals surface area contributed by atoms with E-state index < -0.39 is 29.0 Å². The second-order valence-corrected chi connectivity index (χ2v) is 3.38. The average molecular weight is 253 g/mol. The minimum absolute atomic E-state index is 0.135. The standard InChI is InChI=1S/C11H9F2N3O2/c12-9-6(5-16-8(17)3-4-14)1-2-7(10(9)13)11(15)18/h1-2H,3,5H2,(H2,15,18)(H,16,17). The Bertz CT molecular complexity index is 538. The number of carbonyl (C=O) groups is 2. The maximum Gasteiger partial charge on any atom is 0.251 e. The van der Waals surface area contributed by atoms with Gasteiger partial charge in [0.25, 0.3) is 5.91 Å². The molecule has 0 aliphatic heterocycles. The molecular formula is C11H9F2N3O2. The molecule has 5 nitrogen and oxygen atoms in total. The third kappa shape index (κ3) is 3.01. The highest BCUT2D eigenvalue weighted by molar-refractivity contribution is 5.93. The fraction of sp³-hybridized carbons (Fsp3) is 0.182. The lowest BCUT2D eigenvalue weighted by Crippen LogP contribution is -2.23. The third-order valence-electron chi connectivity index (χ3n) is 2.14. The predicted octanol–water partition coefficient (Wildman–Crippen LogP) is 0.594. The summed E-state index contributed by atoms with van der Waals surface area (Å²) >= 11 is 0. The Balaban J connectivity index is 2.87. The second kappa shape index (κ2) is 5.72. The van der Waals surface area contributed by atoms with Crippen molar-refractivity contribution in [1.82, 2.24) is 5.32 Å². The molecule has 0 aromatic heterocycles. The van der Waals surface area contributed by atoms with Crippen molar-refractivity contribution < 1.29 is 18.4 Å². The number of carbonyl (C=O) groups excluding carboxylic acids is 2. The first-order valence-corrected chi connectivity index (χ1v) is 4.87. The van der Waals surface area contributed by atoms with E-state index in [9.17, 15) is 18.4 Å². The SMILES string of the molecule is N#CCC(=O)NCc1ccc(C(N)=O)c(F)c1F. The monoisotopic (exact) mass is 253 g/mol. The minimum Gasteiger partial charge on any atom is -0.366 e. The van der Waals surface area contributed by atoms with E-state index in [1.54, 1.807) is 6.07 Å². The largest absolute Gasteiger partial charge is 0.366 e. The van der Waals surface area contributed by atoms with Crippen molar-refractivity contribution in [1.29, 1.82) is 5.26 Å². The quantitative estimate of drug-likeness (QED) is 0.822. The second-order valence-electron chi connectivity index (χ2n) is 3.38. The van der Waals surface area contributed by atoms with E-state index in [1.807, 2.05) is 0 Å². The van der Waals surface area contributed by atoms with Crippen molar-refractivity contribution in [3.8, 4) is 6.07 Å². The maximum absolute atomic E-state index is 13.5. The number of benzene rings is 1. The van der Waals surface area contributed by atoms with E-state index >= 15 is 0 Å². The molecule has 0 saturated heterocycles. The lowest BCUT2D eigenvalue weighted by molar-refractivity contribution is -0.120. The molecule has 0 saturated carbocycles. The molecule has 0 aliphatic rings. The van der Waals surface area contributed by atoms with Gasteiger partial charge in [-0.15, -0.1) is 0 Å². The minimum atomic E-state index is -1.35. The Morgan fingerprint density at radius 2 is 2.00 bits per heavy atom. The molecule has 1 rings (SSSR count). The number of hydrogen-bond acceptors (Lipinski definition) is 3. The van der Waals surface area contributed by atoms with Gasteiger partial charge in [0.05, 0.1) is 11.6 Å². The first kappa shape index (κ1) is 13.6. The van der Waals surface area contributed by atoms with Crippen LogP contribution in [-0.4, -0.2) is 11.8 Å². The third-order valence-corrected chi connectivity index (χ3v) is 2.14. The van der Waals surface area contributed by atoms with Gasteiger partial charge in [0.2, 0.25) is 5.91 Å². The zero-order chi connectivity index (χ0) is 13.7. The molecule has 18 heavy (non-hydrogen) atoms. The van der Waals surface area contributed by atoms with Gasteiger partial charge in [-0.2, -0.15) is 5.26 Å². The van der Waals surface area contributed by atoms with Gasteiger partial charge in [0, 0.05) is 12.1 Å². The van der Waals surface area contributed by atoms with Crippen molar-refractivity contribution in [2.24, 2.45) is 5.73 Å². The molecule has 0 bridgehead atoms. The summed E-state index contributed by atoms with van der Waals surface area (Å²) in [7, 11) is 0. The van der Waals surface area contributed by atoms with Crippen molar-refractivity contribution in [2.45, 2.75) is 13.0 Å². The summed E-state index contributed by atoms with van der Waals surface area (Å²) in [6.45, 7) is -0.275. The highest BCUT2D eigenvalue weighted by Gasteiger charge is 2.16. The van der Waals surface area contributed by atoms with E-state index in [-0.39, 0.29) is 18.5 Å². The van der Waals surface area contributed by atoms with Crippen LogP contribution in [0.25, 0.3) is 0 Å². The lowest BCUT2D eigenvalue weighted by atomic mass is 10.1. The van der Waals surface area contributed by atoms with E-state index in [1.165, 1.54) is 0 Å². The maximum atomic E-state index is 13.5. The fourth-order valence-corrected chi connectivity index (χ4v) is 1.24. The molecule has 0 aliphatic carbocycles. The topological polar surface area (TPSA) is 96.0 Å². The molecule has 7 heteroatoms. The van der Waals surface area contributed by atoms with Gasteiger partial charge in [-0.1, -0.05) is 6.07 Å². The van der Waals surface area contributed by atoms with E-state index in [0.717, 1.165) is 12.1 Å². The molecular weight excluding hydrogens is 244 g/mol. The van der Waals surface area contributed by atoms with Gasteiger partial charge in [-0.25, -0.2) is 8.78 Å². The van der Waals surface area contributed by atoms with Crippen molar-refractivity contribution in [3.63, 3.8) is 0 Å². The Morgan fingerprint density at radius 1 is 1.33 bits per heavy atom. The smallest absolute Gasteiger partial charge is 0.251 e. The number of nitrogens with two attached hydrogens (primary N) is 1. The Morgan fingerprint density at radius 3 is 2.56 bits per heavy atom. The van der Waals surface area contributed by atoms with Crippen LogP contribution in [0.2, 0.25) is 0 Å². The summed E-state index contributed by atoms with van der Waals surface area (Å²) < 4.78 is 26.8. The molecule has 0 atom stereocenters. The number of halogens is 2. The highest BCUT2D eigenvalue weighted by atomic mass is 19.2. The van der Waals surface area contributed by atoms with Crippen LogP contribution < -0.4 is 11.1 Å². The van der Waals surface area contributed by atoms with Crippen molar-refractivity contribution in [2.75, 3.05) is 0 Å². The van der Waals surface area contributed by atoms with Crippen molar-refractivity contribution in [3.05, 3.63) is 34.9 Å². The van der Waals surface area contributed by atoms with Crippen LogP contribution in [0.4, 0.5) is 8.78 Å². The van der Waals surface area contributed by atoms with Crippen LogP contribution in [0.5, 0.6) is 0 Å². The van der Waals surface area contributed by atoms with Gasteiger partial charge < -0.3 is 11.1 Å². The number of amides is 2. The van der Waals surface area contributed by atoms with Crippen LogP contribution in [0.3, 0.4) is 0 Å². The molecule has 0 spiro atoms. The zero-order valence-corrected chi connectivity index (χ0v) is 9.17. The Labute approximate surface area is 101 Å². The summed E-state index contributed by atoms with van der Waals surface area (Å²) in [6.07, 6.45) is -0.372. The summed E-state index contributed by atoms with van der Waals surface area (Å²) in [5.74, 6) is -4.28. The van der Waals surface area contributed by atoms with E-state index in [2.05, 4.69) is 5.32 Å². The van der Waals surface area contributed by atoms with Gasteiger partial charge in [0.15, 0.2) is 11.6 Å². The number of nitrogens with zero attached hydrogens (tertiary/aromatic N) is 1. The normalized spacial score (nSPS) is 9.61. The average Bonchev–Trinajstić information content (AvgIpc) is 2.31. The van der Waals surface area contributed by atoms with Gasteiger partial charge >= 0.3 is 0 Å². The summed E-state index contributed by atoms with van der Waals surface area (Å²) in [4.78, 5) is 21.7. The number of nitriles is 1. The molecule has 1 aromatic carbocycles. The van der Waals surface area contributed by atoms with Crippen LogP contribution >= 0.6 is 0 Å². The molecule has 94 valence electrons. The molecule has 2 amide bonds. The Kier molecular flexibility index (Phi) is 4.32. The summed E-state index contributed by atoms with van der Waals surface area (Å²) in [6, 6.07) is 3.79. The fourth-order valence-electron chi connectivity index (χ4n) is 1.24. The van der Waals surface area contributed by atoms with Crippen LogP contribution in [0.15, 0.2) is 12.1 Å². The molecule has 3 N–H and O–H groups in total. The number of hydrogen-bond donors (Lipinski definition) is 2. The van der Waals surface area contributed by atoms with E-state index in [0.29, 0.717) is 0 Å². The number of rotatable bonds is 4. The lowest BCUT2D eigenvalue weighted by Gasteiger charge is -2.07. The summed E-state index contributed by atoms with van der Waals surface area (Å²) in [5, 5.41) is 10.5. The van der Waals surface area contributed by atoms with E-state index in [4.69, 9.17) is 11.0 Å². The molecule has 0 fully saturated rings. The van der Waals surface area contributed by atoms with Gasteiger partial charge in [-0.05, 0) is 6.07 Å². The number of nitrogens with one attached hydrogen (secondary N) is 1. The molecule has 0 unspecified atom stereocenters. The molecule has 1 aromatic rings. The first-order valence-electron chi connectivity index (χ1n) is 4.87. The zero-order valence-electron chi connectivity index (χ0n) is 9.17. The highest BCUT2D eigenvalue weighted by Crippen LogP contribution is 2.16. The summed E-state index contributed by atoms with van der Waals surface area (Å²) in [5.41, 5.74) is 4.15. The van der Waals surface area contributed by atoms with Crippen LogP contribution in [-0.2, 0) is 11.3 Å². The molecule has 0 heterocycles. The van der Waals surface area contributed by atoms with Gasteiger partial charge in [0.1, 0.15) is 6.42 Å². The molecule has 0 radical (unpaired) electrons. The number of primary amides is 1.